The molecule has 0 aromatic heterocycles. The zero-order chi connectivity index (χ0) is 18.2. The zero-order valence-electron chi connectivity index (χ0n) is 14.8. The Kier molecular flexibility index (Phi) is 7.14. The predicted octanol–water partition coefficient (Wildman–Crippen LogP) is 4.56. The average Bonchev–Trinajstić information content (AvgIpc) is 2.64. The lowest BCUT2D eigenvalue weighted by Crippen LogP contribution is -2.28. The molecule has 1 N–H and O–H groups in total. The Balaban J connectivity index is 1.99. The number of halogens is 1. The summed E-state index contributed by atoms with van der Waals surface area (Å²) in [5.41, 5.74) is 2.01. The summed E-state index contributed by atoms with van der Waals surface area (Å²) >= 11 is 5.93. The van der Waals surface area contributed by atoms with Crippen LogP contribution in [0.5, 0.6) is 11.5 Å². The molecule has 1 amide bonds. The first-order chi connectivity index (χ1) is 12.1. The van der Waals surface area contributed by atoms with E-state index in [1.54, 1.807) is 14.2 Å². The van der Waals surface area contributed by atoms with Crippen molar-refractivity contribution in [1.82, 2.24) is 5.32 Å². The number of para-hydroxylation sites is 1. The lowest BCUT2D eigenvalue weighted by atomic mass is 10.0. The molecule has 5 heteroatoms. The van der Waals surface area contributed by atoms with Gasteiger partial charge >= 0.3 is 0 Å². The number of carbonyl (C=O) groups is 1. The fraction of sp³-hybridized carbons (Fsp3) is 0.350. The number of rotatable bonds is 8. The molecule has 0 aliphatic rings. The topological polar surface area (TPSA) is 47.6 Å². The van der Waals surface area contributed by atoms with Gasteiger partial charge in [0, 0.05) is 11.4 Å². The summed E-state index contributed by atoms with van der Waals surface area (Å²) in [5, 5.41) is 3.77. The molecule has 0 aliphatic carbocycles. The normalized spacial score (nSPS) is 11.7. The van der Waals surface area contributed by atoms with Gasteiger partial charge in [0.15, 0.2) is 11.5 Å². The molecule has 0 saturated carbocycles. The fourth-order valence-electron chi connectivity index (χ4n) is 2.78. The molecule has 1 atom stereocenters. The van der Waals surface area contributed by atoms with Crippen LogP contribution in [0.4, 0.5) is 0 Å². The third-order valence-electron chi connectivity index (χ3n) is 4.12. The zero-order valence-corrected chi connectivity index (χ0v) is 15.6. The Morgan fingerprint density at radius 3 is 2.44 bits per heavy atom. The van der Waals surface area contributed by atoms with Gasteiger partial charge in [0.1, 0.15) is 0 Å². The molecule has 0 aliphatic heterocycles. The van der Waals surface area contributed by atoms with E-state index in [0.29, 0.717) is 29.4 Å². The van der Waals surface area contributed by atoms with Crippen LogP contribution in [0.1, 0.15) is 36.9 Å². The van der Waals surface area contributed by atoms with Gasteiger partial charge in [0.25, 0.3) is 0 Å². The molecule has 4 nitrogen and oxygen atoms in total. The number of amides is 1. The van der Waals surface area contributed by atoms with Gasteiger partial charge in [-0.3, -0.25) is 4.79 Å². The maximum Gasteiger partial charge on any atom is 0.220 e. The summed E-state index contributed by atoms with van der Waals surface area (Å²) in [4.78, 5) is 12.4. The second-order valence-corrected chi connectivity index (χ2v) is 6.17. The van der Waals surface area contributed by atoms with Crippen LogP contribution in [0.25, 0.3) is 0 Å². The molecule has 0 heterocycles. The van der Waals surface area contributed by atoms with Gasteiger partial charge in [-0.1, -0.05) is 42.8 Å². The minimum absolute atomic E-state index is 0.00618. The second kappa shape index (κ2) is 9.33. The van der Waals surface area contributed by atoms with E-state index in [4.69, 9.17) is 21.1 Å². The molecule has 2 aromatic carbocycles. The summed E-state index contributed by atoms with van der Waals surface area (Å²) in [5.74, 6) is 1.36. The van der Waals surface area contributed by atoms with E-state index < -0.39 is 0 Å². The molecule has 0 spiro atoms. The number of carbonyl (C=O) groups excluding carboxylic acids is 1. The first-order valence-electron chi connectivity index (χ1n) is 8.33. The van der Waals surface area contributed by atoms with Crippen molar-refractivity contribution in [1.29, 1.82) is 0 Å². The number of ether oxygens (including phenoxy) is 2. The van der Waals surface area contributed by atoms with Crippen molar-refractivity contribution in [3.05, 3.63) is 58.6 Å². The van der Waals surface area contributed by atoms with E-state index >= 15 is 0 Å². The monoisotopic (exact) mass is 361 g/mol. The molecule has 0 fully saturated rings. The van der Waals surface area contributed by atoms with E-state index in [-0.39, 0.29) is 11.9 Å². The Bertz CT molecular complexity index is 701. The highest BCUT2D eigenvalue weighted by molar-refractivity contribution is 6.30. The lowest BCUT2D eigenvalue weighted by Gasteiger charge is -2.18. The highest BCUT2D eigenvalue weighted by Gasteiger charge is 2.15. The smallest absolute Gasteiger partial charge is 0.220 e. The number of methoxy groups -OCH3 is 2. The molecular formula is C20H24ClNO3. The number of benzene rings is 2. The molecule has 0 saturated heterocycles. The van der Waals surface area contributed by atoms with E-state index in [0.717, 1.165) is 17.5 Å². The summed E-state index contributed by atoms with van der Waals surface area (Å²) in [6, 6.07) is 13.2. The largest absolute Gasteiger partial charge is 0.493 e. The number of hydrogen-bond donors (Lipinski definition) is 1. The summed E-state index contributed by atoms with van der Waals surface area (Å²) in [6.07, 6.45) is 1.78. The van der Waals surface area contributed by atoms with E-state index in [1.807, 2.05) is 49.4 Å². The van der Waals surface area contributed by atoms with Gasteiger partial charge in [-0.15, -0.1) is 0 Å². The SMILES string of the molecule is CCC(NC(=O)CCc1cccc(OC)c1OC)c1ccc(Cl)cc1. The van der Waals surface area contributed by atoms with Crippen LogP contribution >= 0.6 is 11.6 Å². The van der Waals surface area contributed by atoms with E-state index in [2.05, 4.69) is 5.32 Å². The molecule has 134 valence electrons. The van der Waals surface area contributed by atoms with Crippen molar-refractivity contribution in [2.45, 2.75) is 32.2 Å². The first kappa shape index (κ1) is 19.1. The van der Waals surface area contributed by atoms with Crippen molar-refractivity contribution in [2.24, 2.45) is 0 Å². The van der Waals surface area contributed by atoms with E-state index in [1.165, 1.54) is 0 Å². The number of aryl methyl sites for hydroxylation is 1. The van der Waals surface area contributed by atoms with Crippen LogP contribution in [0, 0.1) is 0 Å². The van der Waals surface area contributed by atoms with Crippen LogP contribution < -0.4 is 14.8 Å². The third kappa shape index (κ3) is 5.13. The fourth-order valence-corrected chi connectivity index (χ4v) is 2.91. The van der Waals surface area contributed by atoms with Crippen LogP contribution in [0.3, 0.4) is 0 Å². The Morgan fingerprint density at radius 1 is 1.12 bits per heavy atom. The van der Waals surface area contributed by atoms with Crippen molar-refractivity contribution in [3.8, 4) is 11.5 Å². The van der Waals surface area contributed by atoms with Crippen molar-refractivity contribution in [2.75, 3.05) is 14.2 Å². The number of hydrogen-bond acceptors (Lipinski definition) is 3. The minimum atomic E-state index is -0.0167. The van der Waals surface area contributed by atoms with Crippen molar-refractivity contribution >= 4 is 17.5 Å². The van der Waals surface area contributed by atoms with Gasteiger partial charge in [0.05, 0.1) is 20.3 Å². The van der Waals surface area contributed by atoms with Gasteiger partial charge in [-0.2, -0.15) is 0 Å². The molecule has 0 bridgehead atoms. The molecule has 2 aromatic rings. The predicted molar refractivity (Wildman–Crippen MR) is 100 cm³/mol. The Hall–Kier alpha value is -2.20. The quantitative estimate of drug-likeness (QED) is 0.749. The standard InChI is InChI=1S/C20H24ClNO3/c1-4-17(14-8-11-16(21)12-9-14)22-19(23)13-10-15-6-5-7-18(24-2)20(15)25-3/h5-9,11-12,17H,4,10,13H2,1-3H3,(H,22,23). The molecule has 1 unspecified atom stereocenters. The summed E-state index contributed by atoms with van der Waals surface area (Å²) in [7, 11) is 3.21. The Labute approximate surface area is 154 Å². The van der Waals surface area contributed by atoms with Crippen LogP contribution in [0.2, 0.25) is 5.02 Å². The third-order valence-corrected chi connectivity index (χ3v) is 4.37. The van der Waals surface area contributed by atoms with Crippen molar-refractivity contribution < 1.29 is 14.3 Å². The molecule has 2 rings (SSSR count). The van der Waals surface area contributed by atoms with Crippen LogP contribution in [-0.2, 0) is 11.2 Å². The Morgan fingerprint density at radius 2 is 1.84 bits per heavy atom. The summed E-state index contributed by atoms with van der Waals surface area (Å²) < 4.78 is 10.7. The summed E-state index contributed by atoms with van der Waals surface area (Å²) in [6.45, 7) is 2.05. The second-order valence-electron chi connectivity index (χ2n) is 5.73. The number of nitrogens with one attached hydrogen (secondary N) is 1. The minimum Gasteiger partial charge on any atom is -0.493 e. The molecular weight excluding hydrogens is 338 g/mol. The van der Waals surface area contributed by atoms with Crippen LogP contribution in [0.15, 0.2) is 42.5 Å². The van der Waals surface area contributed by atoms with Crippen molar-refractivity contribution in [3.63, 3.8) is 0 Å². The van der Waals surface area contributed by atoms with Gasteiger partial charge in [-0.05, 0) is 42.2 Å². The lowest BCUT2D eigenvalue weighted by molar-refractivity contribution is -0.121. The maximum absolute atomic E-state index is 12.4. The highest BCUT2D eigenvalue weighted by Crippen LogP contribution is 2.31. The van der Waals surface area contributed by atoms with Gasteiger partial charge in [0.2, 0.25) is 5.91 Å². The van der Waals surface area contributed by atoms with E-state index in [9.17, 15) is 4.79 Å². The first-order valence-corrected chi connectivity index (χ1v) is 8.71. The molecule has 25 heavy (non-hydrogen) atoms. The van der Waals surface area contributed by atoms with Crippen LogP contribution in [-0.4, -0.2) is 20.1 Å². The van der Waals surface area contributed by atoms with Gasteiger partial charge < -0.3 is 14.8 Å². The maximum atomic E-state index is 12.4. The van der Waals surface area contributed by atoms with Gasteiger partial charge in [-0.25, -0.2) is 0 Å². The average molecular weight is 362 g/mol. The molecule has 0 radical (unpaired) electrons. The highest BCUT2D eigenvalue weighted by atomic mass is 35.5.